The van der Waals surface area contributed by atoms with E-state index in [0.29, 0.717) is 18.3 Å². The van der Waals surface area contributed by atoms with Gasteiger partial charge in [0.25, 0.3) is 0 Å². The Kier molecular flexibility index (Phi) is 4.40. The van der Waals surface area contributed by atoms with Gasteiger partial charge in [-0.3, -0.25) is 4.98 Å². The predicted octanol–water partition coefficient (Wildman–Crippen LogP) is 2.53. The summed E-state index contributed by atoms with van der Waals surface area (Å²) in [6.07, 6.45) is 4.47. The van der Waals surface area contributed by atoms with Gasteiger partial charge >= 0.3 is 0 Å². The molecule has 0 spiro atoms. The minimum atomic E-state index is -0.980. The number of piperidine rings is 1. The molecule has 3 heterocycles. The zero-order chi connectivity index (χ0) is 19.1. The molecule has 4 rings (SSSR count). The first-order valence-electron chi connectivity index (χ1n) is 8.86. The van der Waals surface area contributed by atoms with Crippen LogP contribution in [0.5, 0.6) is 5.75 Å². The third kappa shape index (κ3) is 3.08. The molecule has 2 bridgehead atoms. The third-order valence-corrected chi connectivity index (χ3v) is 5.53. The molecule has 6 nitrogen and oxygen atoms in total. The van der Waals surface area contributed by atoms with Crippen LogP contribution in [0.3, 0.4) is 0 Å². The normalized spacial score (nSPS) is 26.6. The first-order valence-corrected chi connectivity index (χ1v) is 8.86. The van der Waals surface area contributed by atoms with Crippen molar-refractivity contribution in [2.75, 3.05) is 11.9 Å². The first-order chi connectivity index (χ1) is 13.0. The van der Waals surface area contributed by atoms with E-state index in [2.05, 4.69) is 15.3 Å². The third-order valence-electron chi connectivity index (χ3n) is 5.53. The van der Waals surface area contributed by atoms with E-state index >= 15 is 0 Å². The number of rotatable bonds is 3. The molecule has 2 fully saturated rings. The van der Waals surface area contributed by atoms with E-state index in [1.807, 2.05) is 0 Å². The summed E-state index contributed by atoms with van der Waals surface area (Å²) in [4.78, 5) is 10.4. The van der Waals surface area contributed by atoms with Gasteiger partial charge in [-0.2, -0.15) is 5.26 Å². The molecule has 1 aromatic heterocycles. The second kappa shape index (κ2) is 6.74. The number of benzene rings is 1. The maximum atomic E-state index is 14.7. The minimum Gasteiger partial charge on any atom is -0.507 e. The van der Waals surface area contributed by atoms with Crippen LogP contribution in [0, 0.1) is 17.1 Å². The highest BCUT2D eigenvalue weighted by molar-refractivity contribution is 5.68. The molecule has 2 aliphatic rings. The fraction of sp³-hybridized carbons (Fsp3) is 0.421. The van der Waals surface area contributed by atoms with Crippen molar-refractivity contribution in [1.82, 2.24) is 15.3 Å². The van der Waals surface area contributed by atoms with Crippen LogP contribution >= 0.6 is 0 Å². The standard InChI is InChI=1S/C19H19F2N5O/c1-26(16-5-11-2-3-14(25-11)19(16)21)18-9-23-15(8-24-18)12-6-13(20)10(7-22)4-17(12)27/h4,6,8-9,11,14,16,19,25,27H,2-3,5H2,1H3/t11-,14+,16-,19+/m1/s1. The lowest BCUT2D eigenvalue weighted by molar-refractivity contribution is 0.176. The number of phenolic OH excluding ortho intramolecular Hbond substituents is 1. The highest BCUT2D eigenvalue weighted by atomic mass is 19.1. The van der Waals surface area contributed by atoms with Crippen LogP contribution in [0.4, 0.5) is 14.6 Å². The zero-order valence-electron chi connectivity index (χ0n) is 14.7. The van der Waals surface area contributed by atoms with Gasteiger partial charge in [0.2, 0.25) is 0 Å². The van der Waals surface area contributed by atoms with Crippen molar-refractivity contribution >= 4 is 5.82 Å². The van der Waals surface area contributed by atoms with Gasteiger partial charge in [-0.25, -0.2) is 13.8 Å². The first kappa shape index (κ1) is 17.6. The summed E-state index contributed by atoms with van der Waals surface area (Å²) in [5.74, 6) is -0.470. The van der Waals surface area contributed by atoms with Gasteiger partial charge in [0, 0.05) is 30.8 Å². The molecular formula is C19H19F2N5O. The summed E-state index contributed by atoms with van der Waals surface area (Å²) in [6, 6.07) is 3.74. The molecule has 2 saturated heterocycles. The van der Waals surface area contributed by atoms with Crippen LogP contribution in [-0.4, -0.2) is 46.4 Å². The number of nitrogens with zero attached hydrogens (tertiary/aromatic N) is 4. The predicted molar refractivity (Wildman–Crippen MR) is 95.5 cm³/mol. The number of nitrogens with one attached hydrogen (secondary N) is 1. The lowest BCUT2D eigenvalue weighted by Crippen LogP contribution is -2.55. The molecule has 0 radical (unpaired) electrons. The lowest BCUT2D eigenvalue weighted by atomic mass is 9.96. The van der Waals surface area contributed by atoms with Crippen molar-refractivity contribution < 1.29 is 13.9 Å². The van der Waals surface area contributed by atoms with Crippen LogP contribution in [0.15, 0.2) is 24.5 Å². The monoisotopic (exact) mass is 371 g/mol. The van der Waals surface area contributed by atoms with E-state index in [4.69, 9.17) is 5.26 Å². The Hall–Kier alpha value is -2.79. The molecule has 2 aliphatic heterocycles. The Bertz CT molecular complexity index is 898. The Balaban J connectivity index is 1.58. The van der Waals surface area contributed by atoms with Crippen LogP contribution in [0.1, 0.15) is 24.8 Å². The molecule has 1 aromatic carbocycles. The summed E-state index contributed by atoms with van der Waals surface area (Å²) in [5, 5.41) is 22.2. The number of phenols is 1. The zero-order valence-corrected chi connectivity index (χ0v) is 14.7. The number of aromatic hydroxyl groups is 1. The van der Waals surface area contributed by atoms with Gasteiger partial charge < -0.3 is 15.3 Å². The number of nitriles is 1. The number of halogens is 2. The van der Waals surface area contributed by atoms with Crippen molar-refractivity contribution in [3.8, 4) is 23.1 Å². The van der Waals surface area contributed by atoms with Crippen molar-refractivity contribution in [1.29, 1.82) is 5.26 Å². The molecule has 0 saturated carbocycles. The van der Waals surface area contributed by atoms with Gasteiger partial charge in [0.1, 0.15) is 29.6 Å². The number of hydrogen-bond donors (Lipinski definition) is 2. The summed E-state index contributed by atoms with van der Waals surface area (Å²) < 4.78 is 28.6. The summed E-state index contributed by atoms with van der Waals surface area (Å²) in [5.41, 5.74) is 0.182. The topological polar surface area (TPSA) is 85.1 Å². The lowest BCUT2D eigenvalue weighted by Gasteiger charge is -2.38. The molecule has 0 amide bonds. The number of anilines is 1. The van der Waals surface area contributed by atoms with E-state index in [1.165, 1.54) is 12.4 Å². The fourth-order valence-corrected chi connectivity index (χ4v) is 4.01. The van der Waals surface area contributed by atoms with Crippen LogP contribution in [-0.2, 0) is 0 Å². The van der Waals surface area contributed by atoms with Crippen molar-refractivity contribution in [2.24, 2.45) is 0 Å². The molecule has 2 aromatic rings. The van der Waals surface area contributed by atoms with Gasteiger partial charge in [0.15, 0.2) is 0 Å². The summed E-state index contributed by atoms with van der Waals surface area (Å²) in [6.45, 7) is 0. The van der Waals surface area contributed by atoms with Crippen LogP contribution in [0.2, 0.25) is 0 Å². The Labute approximate surface area is 155 Å². The maximum Gasteiger partial charge on any atom is 0.147 e. The van der Waals surface area contributed by atoms with Crippen LogP contribution < -0.4 is 10.2 Å². The SMILES string of the molecule is CN(c1cnc(-c2cc(F)c(C#N)cc2O)cn1)[C@@H]1C[C@H]2CC[C@H](N2)[C@@H]1F. The van der Waals surface area contributed by atoms with E-state index in [1.54, 1.807) is 18.0 Å². The molecule has 27 heavy (non-hydrogen) atoms. The van der Waals surface area contributed by atoms with Crippen molar-refractivity contribution in [3.05, 3.63) is 35.9 Å². The second-order valence-electron chi connectivity index (χ2n) is 7.13. The highest BCUT2D eigenvalue weighted by Gasteiger charge is 2.43. The Morgan fingerprint density at radius 2 is 2.11 bits per heavy atom. The number of hydrogen-bond acceptors (Lipinski definition) is 6. The second-order valence-corrected chi connectivity index (χ2v) is 7.13. The largest absolute Gasteiger partial charge is 0.507 e. The molecule has 4 atom stereocenters. The number of alkyl halides is 1. The van der Waals surface area contributed by atoms with Gasteiger partial charge in [0.05, 0.1) is 29.7 Å². The average Bonchev–Trinajstić information content (AvgIpc) is 3.09. The van der Waals surface area contributed by atoms with E-state index in [9.17, 15) is 13.9 Å². The smallest absolute Gasteiger partial charge is 0.147 e. The highest BCUT2D eigenvalue weighted by Crippen LogP contribution is 2.34. The van der Waals surface area contributed by atoms with Crippen molar-refractivity contribution in [3.63, 3.8) is 0 Å². The van der Waals surface area contributed by atoms with E-state index in [0.717, 1.165) is 25.0 Å². The van der Waals surface area contributed by atoms with Gasteiger partial charge in [-0.15, -0.1) is 0 Å². The minimum absolute atomic E-state index is 0.109. The number of fused-ring (bicyclic) bond motifs is 2. The quantitative estimate of drug-likeness (QED) is 0.863. The Morgan fingerprint density at radius 3 is 2.81 bits per heavy atom. The summed E-state index contributed by atoms with van der Waals surface area (Å²) >= 11 is 0. The average molecular weight is 371 g/mol. The van der Waals surface area contributed by atoms with E-state index in [-0.39, 0.29) is 34.7 Å². The fourth-order valence-electron chi connectivity index (χ4n) is 4.01. The molecule has 0 unspecified atom stereocenters. The van der Waals surface area contributed by atoms with Crippen molar-refractivity contribution in [2.45, 2.75) is 43.6 Å². The molecule has 0 aliphatic carbocycles. The molecular weight excluding hydrogens is 352 g/mol. The summed E-state index contributed by atoms with van der Waals surface area (Å²) in [7, 11) is 1.80. The van der Waals surface area contributed by atoms with Gasteiger partial charge in [-0.05, 0) is 25.3 Å². The van der Waals surface area contributed by atoms with Gasteiger partial charge in [-0.1, -0.05) is 0 Å². The Morgan fingerprint density at radius 1 is 1.30 bits per heavy atom. The molecule has 140 valence electrons. The maximum absolute atomic E-state index is 14.7. The van der Waals surface area contributed by atoms with E-state index < -0.39 is 12.0 Å². The molecule has 8 heteroatoms. The molecule has 2 N–H and O–H groups in total. The number of aromatic nitrogens is 2. The van der Waals surface area contributed by atoms with Crippen LogP contribution in [0.25, 0.3) is 11.3 Å².